The van der Waals surface area contributed by atoms with Crippen molar-refractivity contribution in [3.8, 4) is 0 Å². The van der Waals surface area contributed by atoms with E-state index in [1.807, 2.05) is 0 Å². The zero-order valence-corrected chi connectivity index (χ0v) is 9.66. The standard InChI is InChI=1S/C14H19N/c1-3-4-5-9-15-10-8-13-11-12(2)6-7-14(13)15/h6-8,10-11H,3-5,9H2,1-2H3. The molecule has 0 atom stereocenters. The lowest BCUT2D eigenvalue weighted by Crippen LogP contribution is -1.95. The quantitative estimate of drug-likeness (QED) is 0.655. The molecule has 80 valence electrons. The van der Waals surface area contributed by atoms with E-state index < -0.39 is 0 Å². The third-order valence-electron chi connectivity index (χ3n) is 2.93. The molecule has 0 saturated carbocycles. The molecule has 0 fully saturated rings. The van der Waals surface area contributed by atoms with Crippen LogP contribution in [-0.2, 0) is 6.54 Å². The first-order chi connectivity index (χ1) is 7.31. The minimum absolute atomic E-state index is 1.15. The molecular formula is C14H19N. The molecule has 1 aromatic heterocycles. The maximum Gasteiger partial charge on any atom is 0.0480 e. The summed E-state index contributed by atoms with van der Waals surface area (Å²) in [5, 5.41) is 1.37. The summed E-state index contributed by atoms with van der Waals surface area (Å²) in [6, 6.07) is 8.90. The van der Waals surface area contributed by atoms with Crippen LogP contribution in [0.25, 0.3) is 10.9 Å². The van der Waals surface area contributed by atoms with Gasteiger partial charge in [-0.25, -0.2) is 0 Å². The molecule has 15 heavy (non-hydrogen) atoms. The van der Waals surface area contributed by atoms with E-state index in [2.05, 4.69) is 48.9 Å². The molecule has 1 heteroatoms. The van der Waals surface area contributed by atoms with Gasteiger partial charge in [-0.05, 0) is 36.9 Å². The Morgan fingerprint density at radius 2 is 2.00 bits per heavy atom. The first kappa shape index (κ1) is 10.3. The second-order valence-corrected chi connectivity index (χ2v) is 4.28. The van der Waals surface area contributed by atoms with E-state index in [1.165, 1.54) is 35.7 Å². The Hall–Kier alpha value is -1.24. The molecule has 2 rings (SSSR count). The lowest BCUT2D eigenvalue weighted by molar-refractivity contribution is 0.616. The number of hydrogen-bond donors (Lipinski definition) is 0. The van der Waals surface area contributed by atoms with Crippen LogP contribution in [0.1, 0.15) is 31.7 Å². The Bertz CT molecular complexity index is 440. The maximum absolute atomic E-state index is 2.37. The lowest BCUT2D eigenvalue weighted by atomic mass is 10.2. The van der Waals surface area contributed by atoms with Crippen LogP contribution in [0.15, 0.2) is 30.5 Å². The number of benzene rings is 1. The van der Waals surface area contributed by atoms with Gasteiger partial charge in [0.25, 0.3) is 0 Å². The molecule has 2 aromatic rings. The maximum atomic E-state index is 2.37. The second-order valence-electron chi connectivity index (χ2n) is 4.28. The van der Waals surface area contributed by atoms with Crippen molar-refractivity contribution in [2.45, 2.75) is 39.7 Å². The van der Waals surface area contributed by atoms with Crippen molar-refractivity contribution in [3.05, 3.63) is 36.0 Å². The highest BCUT2D eigenvalue weighted by atomic mass is 14.9. The minimum atomic E-state index is 1.15. The van der Waals surface area contributed by atoms with Crippen LogP contribution in [0.3, 0.4) is 0 Å². The van der Waals surface area contributed by atoms with E-state index >= 15 is 0 Å². The highest BCUT2D eigenvalue weighted by Gasteiger charge is 1.99. The number of aryl methyl sites for hydroxylation is 2. The first-order valence-electron chi connectivity index (χ1n) is 5.87. The normalized spacial score (nSPS) is 11.1. The van der Waals surface area contributed by atoms with Crippen LogP contribution in [-0.4, -0.2) is 4.57 Å². The Balaban J connectivity index is 2.21. The van der Waals surface area contributed by atoms with Crippen LogP contribution >= 0.6 is 0 Å². The fraction of sp³-hybridized carbons (Fsp3) is 0.429. The van der Waals surface area contributed by atoms with Gasteiger partial charge in [-0.15, -0.1) is 0 Å². The van der Waals surface area contributed by atoms with E-state index in [4.69, 9.17) is 0 Å². The number of unbranched alkanes of at least 4 members (excludes halogenated alkanes) is 2. The highest BCUT2D eigenvalue weighted by Crippen LogP contribution is 2.18. The average Bonchev–Trinajstić information content (AvgIpc) is 2.61. The number of hydrogen-bond acceptors (Lipinski definition) is 0. The summed E-state index contributed by atoms with van der Waals surface area (Å²) in [4.78, 5) is 0. The van der Waals surface area contributed by atoms with Gasteiger partial charge >= 0.3 is 0 Å². The van der Waals surface area contributed by atoms with Crippen LogP contribution in [0, 0.1) is 6.92 Å². The van der Waals surface area contributed by atoms with Crippen LogP contribution < -0.4 is 0 Å². The summed E-state index contributed by atoms with van der Waals surface area (Å²) in [6.45, 7) is 5.55. The van der Waals surface area contributed by atoms with E-state index in [0.29, 0.717) is 0 Å². The van der Waals surface area contributed by atoms with Crippen molar-refractivity contribution in [3.63, 3.8) is 0 Å². The molecule has 0 bridgehead atoms. The van der Waals surface area contributed by atoms with Gasteiger partial charge in [-0.2, -0.15) is 0 Å². The smallest absolute Gasteiger partial charge is 0.0480 e. The summed E-state index contributed by atoms with van der Waals surface area (Å²) in [5.41, 5.74) is 2.71. The van der Waals surface area contributed by atoms with Crippen LogP contribution in [0.4, 0.5) is 0 Å². The van der Waals surface area contributed by atoms with E-state index in [9.17, 15) is 0 Å². The van der Waals surface area contributed by atoms with E-state index in [-0.39, 0.29) is 0 Å². The first-order valence-corrected chi connectivity index (χ1v) is 5.87. The molecule has 0 unspecified atom stereocenters. The Morgan fingerprint density at radius 1 is 1.13 bits per heavy atom. The van der Waals surface area contributed by atoms with Gasteiger partial charge in [0.05, 0.1) is 0 Å². The van der Waals surface area contributed by atoms with Crippen molar-refractivity contribution in [2.75, 3.05) is 0 Å². The van der Waals surface area contributed by atoms with Crippen LogP contribution in [0.5, 0.6) is 0 Å². The Kier molecular flexibility index (Phi) is 3.10. The molecule has 0 spiro atoms. The second kappa shape index (κ2) is 4.52. The van der Waals surface area contributed by atoms with Gasteiger partial charge in [0.15, 0.2) is 0 Å². The SMILES string of the molecule is CCCCCn1ccc2cc(C)ccc21. The predicted octanol–water partition coefficient (Wildman–Crippen LogP) is 4.14. The Morgan fingerprint density at radius 3 is 2.80 bits per heavy atom. The molecule has 0 aliphatic rings. The average molecular weight is 201 g/mol. The van der Waals surface area contributed by atoms with Gasteiger partial charge in [0.1, 0.15) is 0 Å². The molecule has 0 aliphatic carbocycles. The van der Waals surface area contributed by atoms with E-state index in [1.54, 1.807) is 0 Å². The van der Waals surface area contributed by atoms with Gasteiger partial charge in [0.2, 0.25) is 0 Å². The molecule has 0 amide bonds. The van der Waals surface area contributed by atoms with Gasteiger partial charge in [0, 0.05) is 18.3 Å². The van der Waals surface area contributed by atoms with Crippen molar-refractivity contribution < 1.29 is 0 Å². The largest absolute Gasteiger partial charge is 0.347 e. The number of nitrogens with zero attached hydrogens (tertiary/aromatic N) is 1. The van der Waals surface area contributed by atoms with Gasteiger partial charge in [-0.3, -0.25) is 0 Å². The zero-order valence-electron chi connectivity index (χ0n) is 9.66. The summed E-state index contributed by atoms with van der Waals surface area (Å²) in [6.07, 6.45) is 6.11. The number of rotatable bonds is 4. The summed E-state index contributed by atoms with van der Waals surface area (Å²) >= 11 is 0. The third kappa shape index (κ3) is 2.23. The summed E-state index contributed by atoms with van der Waals surface area (Å²) in [7, 11) is 0. The monoisotopic (exact) mass is 201 g/mol. The fourth-order valence-corrected chi connectivity index (χ4v) is 2.05. The molecule has 1 heterocycles. The number of fused-ring (bicyclic) bond motifs is 1. The van der Waals surface area contributed by atoms with Crippen molar-refractivity contribution in [1.82, 2.24) is 4.57 Å². The zero-order chi connectivity index (χ0) is 10.7. The Labute approximate surface area is 91.7 Å². The summed E-state index contributed by atoms with van der Waals surface area (Å²) in [5.74, 6) is 0. The molecule has 1 aromatic carbocycles. The molecule has 0 N–H and O–H groups in total. The van der Waals surface area contributed by atoms with Crippen molar-refractivity contribution >= 4 is 10.9 Å². The highest BCUT2D eigenvalue weighted by molar-refractivity contribution is 5.80. The van der Waals surface area contributed by atoms with Crippen molar-refractivity contribution in [1.29, 1.82) is 0 Å². The lowest BCUT2D eigenvalue weighted by Gasteiger charge is -2.04. The van der Waals surface area contributed by atoms with Gasteiger partial charge in [-0.1, -0.05) is 31.4 Å². The fourth-order valence-electron chi connectivity index (χ4n) is 2.05. The predicted molar refractivity (Wildman–Crippen MR) is 66.2 cm³/mol. The molecule has 0 saturated heterocycles. The molecular weight excluding hydrogens is 182 g/mol. The van der Waals surface area contributed by atoms with E-state index in [0.717, 1.165) is 6.54 Å². The number of aromatic nitrogens is 1. The third-order valence-corrected chi connectivity index (χ3v) is 2.93. The molecule has 0 radical (unpaired) electrons. The van der Waals surface area contributed by atoms with Crippen molar-refractivity contribution in [2.24, 2.45) is 0 Å². The van der Waals surface area contributed by atoms with Gasteiger partial charge < -0.3 is 4.57 Å². The topological polar surface area (TPSA) is 4.93 Å². The molecule has 0 aliphatic heterocycles. The molecule has 1 nitrogen and oxygen atoms in total. The summed E-state index contributed by atoms with van der Waals surface area (Å²) < 4.78 is 2.37. The minimum Gasteiger partial charge on any atom is -0.347 e. The van der Waals surface area contributed by atoms with Crippen LogP contribution in [0.2, 0.25) is 0 Å².